The maximum absolute atomic E-state index is 12.8. The maximum atomic E-state index is 12.8. The molecule has 0 fully saturated rings. The number of hydrogen-bond acceptors (Lipinski definition) is 3. The number of anilines is 2. The quantitative estimate of drug-likeness (QED) is 0.575. The molecule has 0 aliphatic heterocycles. The summed E-state index contributed by atoms with van der Waals surface area (Å²) in [7, 11) is 0. The predicted molar refractivity (Wildman–Crippen MR) is 109 cm³/mol. The van der Waals surface area contributed by atoms with E-state index in [9.17, 15) is 9.59 Å². The van der Waals surface area contributed by atoms with Crippen molar-refractivity contribution < 1.29 is 9.59 Å². The molecule has 0 aliphatic rings. The summed E-state index contributed by atoms with van der Waals surface area (Å²) in [4.78, 5) is 27.5. The Balaban J connectivity index is 1.83. The molecule has 3 rings (SSSR count). The van der Waals surface area contributed by atoms with Crippen LogP contribution in [0.4, 0.5) is 11.4 Å². The van der Waals surface area contributed by atoms with Gasteiger partial charge in [0, 0.05) is 29.2 Å². The van der Waals surface area contributed by atoms with Crippen molar-refractivity contribution in [3.8, 4) is 5.69 Å². The Hall–Kier alpha value is -3.19. The number of carbonyl (C=O) groups is 2. The van der Waals surface area contributed by atoms with Crippen molar-refractivity contribution in [3.05, 3.63) is 71.3 Å². The summed E-state index contributed by atoms with van der Waals surface area (Å²) in [5, 5.41) is 5.67. The Morgan fingerprint density at radius 1 is 1.00 bits per heavy atom. The molecule has 2 amide bonds. The molecule has 0 bridgehead atoms. The summed E-state index contributed by atoms with van der Waals surface area (Å²) in [6, 6.07) is 16.4. The molecule has 0 unspecified atom stereocenters. The van der Waals surface area contributed by atoms with Gasteiger partial charge >= 0.3 is 0 Å². The van der Waals surface area contributed by atoms with Gasteiger partial charge < -0.3 is 15.6 Å². The largest absolute Gasteiger partial charge is 0.336 e. The van der Waals surface area contributed by atoms with Gasteiger partial charge in [0.2, 0.25) is 5.91 Å². The molecule has 0 atom stereocenters. The molecule has 0 spiro atoms. The monoisotopic (exact) mass is 380 g/mol. The highest BCUT2D eigenvalue weighted by Crippen LogP contribution is 2.18. The van der Waals surface area contributed by atoms with E-state index < -0.39 is 0 Å². The van der Waals surface area contributed by atoms with E-state index in [2.05, 4.69) is 15.6 Å². The van der Waals surface area contributed by atoms with Crippen molar-refractivity contribution in [2.24, 2.45) is 5.92 Å². The zero-order valence-corrected chi connectivity index (χ0v) is 15.8. The Kier molecular flexibility index (Phi) is 5.52. The Morgan fingerprint density at radius 3 is 2.33 bits per heavy atom. The first-order valence-electron chi connectivity index (χ1n) is 8.54. The third-order valence-corrected chi connectivity index (χ3v) is 4.24. The first-order chi connectivity index (χ1) is 13.0. The number of para-hydroxylation sites is 1. The third-order valence-electron chi connectivity index (χ3n) is 3.94. The van der Waals surface area contributed by atoms with Gasteiger partial charge in [0.05, 0.1) is 0 Å². The lowest BCUT2D eigenvalue weighted by Gasteiger charge is -2.11. The number of H-pyrrole nitrogens is 1. The highest BCUT2D eigenvalue weighted by atomic mass is 32.1. The van der Waals surface area contributed by atoms with Crippen LogP contribution in [0, 0.1) is 10.7 Å². The van der Waals surface area contributed by atoms with Crippen LogP contribution in [0.3, 0.4) is 0 Å². The Labute approximate surface area is 162 Å². The fourth-order valence-electron chi connectivity index (χ4n) is 2.53. The molecule has 3 aromatic rings. The van der Waals surface area contributed by atoms with Gasteiger partial charge in [-0.05, 0) is 42.5 Å². The number of aromatic nitrogens is 2. The van der Waals surface area contributed by atoms with Crippen LogP contribution >= 0.6 is 12.2 Å². The second-order valence-electron chi connectivity index (χ2n) is 6.33. The number of carbonyl (C=O) groups excluding carboxylic acids is 2. The molecule has 1 heterocycles. The van der Waals surface area contributed by atoms with Crippen molar-refractivity contribution in [2.45, 2.75) is 13.8 Å². The van der Waals surface area contributed by atoms with E-state index >= 15 is 0 Å². The van der Waals surface area contributed by atoms with Crippen LogP contribution in [-0.4, -0.2) is 21.4 Å². The minimum Gasteiger partial charge on any atom is -0.336 e. The van der Waals surface area contributed by atoms with Gasteiger partial charge in [-0.1, -0.05) is 38.1 Å². The zero-order valence-electron chi connectivity index (χ0n) is 15.0. The van der Waals surface area contributed by atoms with Crippen molar-refractivity contribution in [2.75, 3.05) is 10.6 Å². The van der Waals surface area contributed by atoms with Crippen LogP contribution in [0.25, 0.3) is 5.69 Å². The van der Waals surface area contributed by atoms with E-state index in [0.29, 0.717) is 21.8 Å². The molecule has 1 aromatic heterocycles. The van der Waals surface area contributed by atoms with E-state index in [1.54, 1.807) is 35.0 Å². The van der Waals surface area contributed by atoms with Gasteiger partial charge in [-0.2, -0.15) is 0 Å². The Bertz CT molecular complexity index is 1020. The highest BCUT2D eigenvalue weighted by Gasteiger charge is 2.15. The van der Waals surface area contributed by atoms with Crippen molar-refractivity contribution >= 4 is 35.4 Å². The first-order valence-corrected chi connectivity index (χ1v) is 8.94. The fourth-order valence-corrected chi connectivity index (χ4v) is 2.79. The average molecular weight is 380 g/mol. The molecule has 6 nitrogen and oxygen atoms in total. The van der Waals surface area contributed by atoms with Crippen molar-refractivity contribution in [3.63, 3.8) is 0 Å². The van der Waals surface area contributed by atoms with E-state index in [1.807, 2.05) is 44.2 Å². The number of imidazole rings is 1. The number of hydrogen-bond donors (Lipinski definition) is 3. The lowest BCUT2D eigenvalue weighted by atomic mass is 10.2. The van der Waals surface area contributed by atoms with Crippen LogP contribution in [0.15, 0.2) is 60.8 Å². The molecule has 2 aromatic carbocycles. The number of aromatic amines is 1. The molecule has 0 saturated heterocycles. The van der Waals surface area contributed by atoms with E-state index in [-0.39, 0.29) is 17.7 Å². The maximum Gasteiger partial charge on any atom is 0.274 e. The third kappa shape index (κ3) is 4.32. The topological polar surface area (TPSA) is 78.9 Å². The van der Waals surface area contributed by atoms with E-state index in [1.165, 1.54) is 0 Å². The molecule has 3 N–H and O–H groups in total. The van der Waals surface area contributed by atoms with Crippen LogP contribution in [0.2, 0.25) is 0 Å². The summed E-state index contributed by atoms with van der Waals surface area (Å²) >= 11 is 5.31. The molecule has 0 saturated carbocycles. The summed E-state index contributed by atoms with van der Waals surface area (Å²) < 4.78 is 2.11. The number of nitrogens with one attached hydrogen (secondary N) is 3. The van der Waals surface area contributed by atoms with Gasteiger partial charge in [-0.3, -0.25) is 14.2 Å². The van der Waals surface area contributed by atoms with Crippen LogP contribution in [-0.2, 0) is 4.79 Å². The van der Waals surface area contributed by atoms with Gasteiger partial charge in [-0.15, -0.1) is 0 Å². The lowest BCUT2D eigenvalue weighted by molar-refractivity contribution is -0.118. The number of benzene rings is 2. The Morgan fingerprint density at radius 2 is 1.67 bits per heavy atom. The van der Waals surface area contributed by atoms with Crippen LogP contribution in [0.1, 0.15) is 24.3 Å². The molecule has 138 valence electrons. The lowest BCUT2D eigenvalue weighted by Crippen LogP contribution is -2.18. The number of rotatable bonds is 5. The normalized spacial score (nSPS) is 10.6. The summed E-state index contributed by atoms with van der Waals surface area (Å²) in [5.74, 6) is -0.515. The smallest absolute Gasteiger partial charge is 0.274 e. The minimum atomic E-state index is -0.307. The zero-order chi connectivity index (χ0) is 19.4. The van der Waals surface area contributed by atoms with Gasteiger partial charge in [-0.25, -0.2) is 0 Å². The van der Waals surface area contributed by atoms with Crippen molar-refractivity contribution in [1.29, 1.82) is 0 Å². The summed E-state index contributed by atoms with van der Waals surface area (Å²) in [6.45, 7) is 3.64. The fraction of sp³-hybridized carbons (Fsp3) is 0.150. The predicted octanol–water partition coefficient (Wildman–Crippen LogP) is 4.38. The number of amides is 2. The van der Waals surface area contributed by atoms with Crippen LogP contribution in [0.5, 0.6) is 0 Å². The van der Waals surface area contributed by atoms with Crippen LogP contribution < -0.4 is 10.6 Å². The molecular weight excluding hydrogens is 360 g/mol. The van der Waals surface area contributed by atoms with Crippen molar-refractivity contribution in [1.82, 2.24) is 9.55 Å². The molecule has 0 aliphatic carbocycles. The second kappa shape index (κ2) is 8.01. The molecule has 7 heteroatoms. The minimum absolute atomic E-state index is 0.0817. The van der Waals surface area contributed by atoms with Gasteiger partial charge in [0.25, 0.3) is 5.91 Å². The molecular formula is C20H20N4O2S. The summed E-state index contributed by atoms with van der Waals surface area (Å²) in [6.07, 6.45) is 1.58. The average Bonchev–Trinajstić information content (AvgIpc) is 3.04. The highest BCUT2D eigenvalue weighted by molar-refractivity contribution is 7.71. The molecule has 0 radical (unpaired) electrons. The summed E-state index contributed by atoms with van der Waals surface area (Å²) in [5.41, 5.74) is 2.39. The SMILES string of the molecule is CC(C)C(=O)Nc1cccc(NC(=O)c2c[nH]c(=S)n2-c2ccccc2)c1. The second-order valence-corrected chi connectivity index (χ2v) is 6.72. The van der Waals surface area contributed by atoms with E-state index in [4.69, 9.17) is 12.2 Å². The molecule has 27 heavy (non-hydrogen) atoms. The van der Waals surface area contributed by atoms with Gasteiger partial charge in [0.15, 0.2) is 4.77 Å². The first kappa shape index (κ1) is 18.6. The number of nitrogens with zero attached hydrogens (tertiary/aromatic N) is 1. The van der Waals surface area contributed by atoms with E-state index in [0.717, 1.165) is 5.69 Å². The van der Waals surface area contributed by atoms with Gasteiger partial charge in [0.1, 0.15) is 5.69 Å². The standard InChI is InChI=1S/C20H20N4O2S/c1-13(2)18(25)22-14-7-6-8-15(11-14)23-19(26)17-12-21-20(27)24(17)16-9-4-3-5-10-16/h3-13H,1-2H3,(H,21,27)(H,22,25)(H,23,26).